The predicted molar refractivity (Wildman–Crippen MR) is 109 cm³/mol. The number of carbonyl (C=O) groups is 2. The normalized spacial score (nSPS) is 11.9. The van der Waals surface area contributed by atoms with E-state index in [-0.39, 0.29) is 30.9 Å². The van der Waals surface area contributed by atoms with Crippen molar-refractivity contribution >= 4 is 17.5 Å². The zero-order valence-corrected chi connectivity index (χ0v) is 16.3. The van der Waals surface area contributed by atoms with E-state index in [9.17, 15) is 9.59 Å². The van der Waals surface area contributed by atoms with Gasteiger partial charge in [0.2, 0.25) is 11.8 Å². The summed E-state index contributed by atoms with van der Waals surface area (Å²) < 4.78 is 0. The molecule has 2 rings (SSSR count). The molecule has 2 aromatic rings. The number of benzene rings is 2. The molecule has 5 heteroatoms. The molecule has 5 nitrogen and oxygen atoms in total. The van der Waals surface area contributed by atoms with E-state index in [0.717, 1.165) is 23.2 Å². The molecule has 144 valence electrons. The monoisotopic (exact) mass is 367 g/mol. The summed E-state index contributed by atoms with van der Waals surface area (Å²) in [7, 11) is 0. The zero-order chi connectivity index (χ0) is 19.6. The highest BCUT2D eigenvalue weighted by Gasteiger charge is 2.16. The lowest BCUT2D eigenvalue weighted by Crippen LogP contribution is -2.40. The van der Waals surface area contributed by atoms with Crippen molar-refractivity contribution in [1.29, 1.82) is 0 Å². The van der Waals surface area contributed by atoms with Crippen molar-refractivity contribution in [1.82, 2.24) is 10.6 Å². The SMILES string of the molecule is CCc1ccccc1NC(=O)CNC(=O)CN[C@H](c1ccccc1)C(C)C. The van der Waals surface area contributed by atoms with E-state index in [2.05, 4.69) is 29.8 Å². The van der Waals surface area contributed by atoms with E-state index in [0.29, 0.717) is 5.92 Å². The molecule has 2 aromatic carbocycles. The molecule has 0 radical (unpaired) electrons. The molecular weight excluding hydrogens is 338 g/mol. The van der Waals surface area contributed by atoms with Gasteiger partial charge < -0.3 is 16.0 Å². The largest absolute Gasteiger partial charge is 0.346 e. The Morgan fingerprint density at radius 1 is 0.889 bits per heavy atom. The quantitative estimate of drug-likeness (QED) is 0.637. The van der Waals surface area contributed by atoms with Gasteiger partial charge in [-0.3, -0.25) is 9.59 Å². The summed E-state index contributed by atoms with van der Waals surface area (Å²) in [6, 6.07) is 17.8. The van der Waals surface area contributed by atoms with Gasteiger partial charge in [-0.15, -0.1) is 0 Å². The fourth-order valence-electron chi connectivity index (χ4n) is 2.99. The van der Waals surface area contributed by atoms with Crippen molar-refractivity contribution in [3.8, 4) is 0 Å². The van der Waals surface area contributed by atoms with Crippen molar-refractivity contribution in [2.45, 2.75) is 33.2 Å². The second-order valence-corrected chi connectivity index (χ2v) is 6.85. The van der Waals surface area contributed by atoms with Crippen molar-refractivity contribution < 1.29 is 9.59 Å². The summed E-state index contributed by atoms with van der Waals surface area (Å²) in [5.74, 6) is -0.0859. The number of nitrogens with one attached hydrogen (secondary N) is 3. The molecule has 0 saturated carbocycles. The molecule has 0 fully saturated rings. The van der Waals surface area contributed by atoms with E-state index in [4.69, 9.17) is 0 Å². The van der Waals surface area contributed by atoms with Crippen molar-refractivity contribution in [2.24, 2.45) is 5.92 Å². The smallest absolute Gasteiger partial charge is 0.243 e. The minimum atomic E-state index is -0.229. The molecular formula is C22H29N3O2. The number of para-hydroxylation sites is 1. The maximum absolute atomic E-state index is 12.1. The average Bonchev–Trinajstić information content (AvgIpc) is 2.67. The fourth-order valence-corrected chi connectivity index (χ4v) is 2.99. The van der Waals surface area contributed by atoms with Crippen molar-refractivity contribution in [3.63, 3.8) is 0 Å². The van der Waals surface area contributed by atoms with Crippen LogP contribution in [-0.2, 0) is 16.0 Å². The molecule has 0 bridgehead atoms. The van der Waals surface area contributed by atoms with Crippen LogP contribution in [0.15, 0.2) is 54.6 Å². The third-order valence-corrected chi connectivity index (χ3v) is 4.43. The molecule has 27 heavy (non-hydrogen) atoms. The summed E-state index contributed by atoms with van der Waals surface area (Å²) in [6.07, 6.45) is 0.836. The molecule has 0 aliphatic carbocycles. The number of hydrogen-bond donors (Lipinski definition) is 3. The van der Waals surface area contributed by atoms with Gasteiger partial charge in [-0.25, -0.2) is 0 Å². The van der Waals surface area contributed by atoms with Gasteiger partial charge in [-0.1, -0.05) is 69.3 Å². The van der Waals surface area contributed by atoms with Crippen LogP contribution in [0.1, 0.15) is 37.9 Å². The topological polar surface area (TPSA) is 70.2 Å². The van der Waals surface area contributed by atoms with Crippen molar-refractivity contribution in [3.05, 3.63) is 65.7 Å². The van der Waals surface area contributed by atoms with Crippen LogP contribution in [-0.4, -0.2) is 24.9 Å². The average molecular weight is 367 g/mol. The van der Waals surface area contributed by atoms with E-state index >= 15 is 0 Å². The maximum Gasteiger partial charge on any atom is 0.243 e. The van der Waals surface area contributed by atoms with Gasteiger partial charge in [0.15, 0.2) is 0 Å². The molecule has 0 saturated heterocycles. The Balaban J connectivity index is 1.80. The molecule has 0 unspecified atom stereocenters. The minimum Gasteiger partial charge on any atom is -0.346 e. The first-order valence-corrected chi connectivity index (χ1v) is 9.44. The van der Waals surface area contributed by atoms with Crippen LogP contribution >= 0.6 is 0 Å². The molecule has 0 heterocycles. The number of rotatable bonds is 9. The highest BCUT2D eigenvalue weighted by molar-refractivity contribution is 5.95. The third-order valence-electron chi connectivity index (χ3n) is 4.43. The zero-order valence-electron chi connectivity index (χ0n) is 16.3. The summed E-state index contributed by atoms with van der Waals surface area (Å²) in [4.78, 5) is 24.2. The van der Waals surface area contributed by atoms with Crippen molar-refractivity contribution in [2.75, 3.05) is 18.4 Å². The highest BCUT2D eigenvalue weighted by Crippen LogP contribution is 2.20. The van der Waals surface area contributed by atoms with Gasteiger partial charge in [-0.05, 0) is 29.5 Å². The van der Waals surface area contributed by atoms with Crippen LogP contribution in [0.4, 0.5) is 5.69 Å². The Kier molecular flexibility index (Phi) is 8.01. The van der Waals surface area contributed by atoms with Crippen LogP contribution in [0.25, 0.3) is 0 Å². The molecule has 3 N–H and O–H groups in total. The first-order chi connectivity index (χ1) is 13.0. The third kappa shape index (κ3) is 6.53. The standard InChI is InChI=1S/C22H29N3O2/c1-4-17-10-8-9-13-19(17)25-21(27)15-23-20(26)14-24-22(16(2)3)18-11-6-5-7-12-18/h5-13,16,22,24H,4,14-15H2,1-3H3,(H,23,26)(H,25,27)/t22-/m0/s1. The van der Waals surface area contributed by atoms with E-state index in [1.807, 2.05) is 61.5 Å². The Bertz CT molecular complexity index is 744. The van der Waals surface area contributed by atoms with Gasteiger partial charge in [0.25, 0.3) is 0 Å². The molecule has 0 spiro atoms. The predicted octanol–water partition coefficient (Wildman–Crippen LogP) is 3.29. The molecule has 0 aromatic heterocycles. The maximum atomic E-state index is 12.1. The van der Waals surface area contributed by atoms with E-state index in [1.54, 1.807) is 0 Å². The minimum absolute atomic E-state index is 0.0454. The Labute approximate surface area is 161 Å². The molecule has 0 aliphatic heterocycles. The van der Waals surface area contributed by atoms with E-state index < -0.39 is 0 Å². The van der Waals surface area contributed by atoms with Crippen LogP contribution < -0.4 is 16.0 Å². The van der Waals surface area contributed by atoms with Crippen LogP contribution in [0.5, 0.6) is 0 Å². The Hall–Kier alpha value is -2.66. The van der Waals surface area contributed by atoms with Gasteiger partial charge in [0, 0.05) is 11.7 Å². The van der Waals surface area contributed by atoms with Crippen LogP contribution in [0.3, 0.4) is 0 Å². The summed E-state index contributed by atoms with van der Waals surface area (Å²) in [5, 5.41) is 8.81. The van der Waals surface area contributed by atoms with E-state index in [1.165, 1.54) is 0 Å². The fraction of sp³-hybridized carbons (Fsp3) is 0.364. The Morgan fingerprint density at radius 2 is 1.56 bits per heavy atom. The number of aryl methyl sites for hydroxylation is 1. The highest BCUT2D eigenvalue weighted by atomic mass is 16.2. The molecule has 0 aliphatic rings. The lowest BCUT2D eigenvalue weighted by molar-refractivity contribution is -0.123. The lowest BCUT2D eigenvalue weighted by atomic mass is 9.96. The summed E-state index contributed by atoms with van der Waals surface area (Å²) in [5.41, 5.74) is 3.01. The van der Waals surface area contributed by atoms with Crippen LogP contribution in [0, 0.1) is 5.92 Å². The van der Waals surface area contributed by atoms with Crippen LogP contribution in [0.2, 0.25) is 0 Å². The van der Waals surface area contributed by atoms with Gasteiger partial charge in [0.1, 0.15) is 0 Å². The van der Waals surface area contributed by atoms with Gasteiger partial charge >= 0.3 is 0 Å². The summed E-state index contributed by atoms with van der Waals surface area (Å²) >= 11 is 0. The Morgan fingerprint density at radius 3 is 2.22 bits per heavy atom. The molecule has 2 amide bonds. The first kappa shape index (κ1) is 20.6. The second kappa shape index (κ2) is 10.5. The number of amides is 2. The lowest BCUT2D eigenvalue weighted by Gasteiger charge is -2.22. The first-order valence-electron chi connectivity index (χ1n) is 9.44. The number of hydrogen-bond acceptors (Lipinski definition) is 3. The molecule has 1 atom stereocenters. The summed E-state index contributed by atoms with van der Waals surface area (Å²) in [6.45, 7) is 6.38. The second-order valence-electron chi connectivity index (χ2n) is 6.85. The van der Waals surface area contributed by atoms with Gasteiger partial charge in [0.05, 0.1) is 13.1 Å². The van der Waals surface area contributed by atoms with Gasteiger partial charge in [-0.2, -0.15) is 0 Å². The number of anilines is 1. The number of carbonyl (C=O) groups excluding carboxylic acids is 2.